The number of nitrogens with two attached hydrogens (primary N) is 1. The van der Waals surface area contributed by atoms with E-state index in [0.717, 1.165) is 16.0 Å². The molecular weight excluding hydrogens is 302 g/mol. The number of nitrogen functional groups attached to an aromatic ring is 1. The van der Waals surface area contributed by atoms with Crippen LogP contribution in [0.1, 0.15) is 5.56 Å². The van der Waals surface area contributed by atoms with Crippen LogP contribution in [0.15, 0.2) is 47.8 Å². The van der Waals surface area contributed by atoms with E-state index >= 15 is 0 Å². The number of halogens is 1. The van der Waals surface area contributed by atoms with Crippen LogP contribution in [0, 0.1) is 11.3 Å². The monoisotopic (exact) mass is 311 g/mol. The van der Waals surface area contributed by atoms with E-state index in [-0.39, 0.29) is 5.82 Å². The van der Waals surface area contributed by atoms with Crippen molar-refractivity contribution in [2.24, 2.45) is 0 Å². The van der Waals surface area contributed by atoms with Crippen molar-refractivity contribution >= 4 is 28.8 Å². The molecule has 0 bridgehead atoms. The number of hydrogen-bond donors (Lipinski definition) is 1. The normalized spacial score (nSPS) is 10.3. The van der Waals surface area contributed by atoms with Crippen molar-refractivity contribution in [1.82, 2.24) is 4.98 Å². The lowest BCUT2D eigenvalue weighted by Gasteiger charge is -2.09. The van der Waals surface area contributed by atoms with Crippen LogP contribution in [0.4, 0.5) is 5.82 Å². The fourth-order valence-electron chi connectivity index (χ4n) is 2.12. The Bertz CT molecular complexity index is 835. The van der Waals surface area contributed by atoms with Crippen LogP contribution in [0.2, 0.25) is 5.02 Å². The molecule has 3 nitrogen and oxygen atoms in total. The van der Waals surface area contributed by atoms with Crippen LogP contribution in [0.3, 0.4) is 0 Å². The molecule has 0 aliphatic heterocycles. The van der Waals surface area contributed by atoms with Crippen molar-refractivity contribution in [2.75, 3.05) is 5.73 Å². The summed E-state index contributed by atoms with van der Waals surface area (Å²) in [5.74, 6) is 0.221. The van der Waals surface area contributed by atoms with Crippen LogP contribution in [-0.4, -0.2) is 4.98 Å². The second-order valence-corrected chi connectivity index (χ2v) is 5.74. The van der Waals surface area contributed by atoms with E-state index in [4.69, 9.17) is 17.3 Å². The molecule has 2 N–H and O–H groups in total. The molecule has 3 rings (SSSR count). The fraction of sp³-hybridized carbons (Fsp3) is 0. The summed E-state index contributed by atoms with van der Waals surface area (Å²) in [5.41, 5.74) is 8.60. The smallest absolute Gasteiger partial charge is 0.142 e. The van der Waals surface area contributed by atoms with Crippen molar-refractivity contribution in [3.63, 3.8) is 0 Å². The molecule has 1 aromatic carbocycles. The van der Waals surface area contributed by atoms with Crippen molar-refractivity contribution in [2.45, 2.75) is 0 Å². The van der Waals surface area contributed by atoms with Crippen LogP contribution in [-0.2, 0) is 0 Å². The van der Waals surface area contributed by atoms with Gasteiger partial charge in [0.1, 0.15) is 17.5 Å². The predicted octanol–water partition coefficient (Wildman–Crippen LogP) is 4.58. The van der Waals surface area contributed by atoms with Gasteiger partial charge in [-0.1, -0.05) is 35.9 Å². The Kier molecular flexibility index (Phi) is 3.61. The standard InChI is InChI=1S/C16H10ClN3S/c17-13-5-2-1-4-10(13)14-8-11(15-6-3-7-21-15)12(9-18)16(19)20-14/h1-8H,(H2,19,20). The molecule has 0 saturated heterocycles. The lowest BCUT2D eigenvalue weighted by atomic mass is 10.0. The first-order valence-electron chi connectivity index (χ1n) is 6.20. The molecule has 0 saturated carbocycles. The third-order valence-corrected chi connectivity index (χ3v) is 4.33. The first kappa shape index (κ1) is 13.6. The molecule has 0 amide bonds. The van der Waals surface area contributed by atoms with E-state index in [9.17, 15) is 5.26 Å². The van der Waals surface area contributed by atoms with E-state index in [1.165, 1.54) is 0 Å². The minimum Gasteiger partial charge on any atom is -0.383 e. The zero-order valence-corrected chi connectivity index (χ0v) is 12.4. The minimum absolute atomic E-state index is 0.221. The topological polar surface area (TPSA) is 62.7 Å². The summed E-state index contributed by atoms with van der Waals surface area (Å²) in [4.78, 5) is 5.30. The van der Waals surface area contributed by atoms with Gasteiger partial charge < -0.3 is 5.73 Å². The summed E-state index contributed by atoms with van der Waals surface area (Å²) < 4.78 is 0. The Morgan fingerprint density at radius 2 is 1.95 bits per heavy atom. The summed E-state index contributed by atoms with van der Waals surface area (Å²) in [6.07, 6.45) is 0. The molecule has 0 atom stereocenters. The van der Waals surface area contributed by atoms with Gasteiger partial charge in [-0.15, -0.1) is 11.3 Å². The average Bonchev–Trinajstić information content (AvgIpc) is 3.01. The zero-order chi connectivity index (χ0) is 14.8. The average molecular weight is 312 g/mol. The molecule has 2 aromatic heterocycles. The molecule has 0 aliphatic carbocycles. The quantitative estimate of drug-likeness (QED) is 0.753. The summed E-state index contributed by atoms with van der Waals surface area (Å²) >= 11 is 7.77. The number of thiophene rings is 1. The maximum Gasteiger partial charge on any atom is 0.142 e. The maximum absolute atomic E-state index is 9.32. The molecule has 0 fully saturated rings. The van der Waals surface area contributed by atoms with Gasteiger partial charge in [-0.25, -0.2) is 4.98 Å². The van der Waals surface area contributed by atoms with Crippen LogP contribution < -0.4 is 5.73 Å². The van der Waals surface area contributed by atoms with Gasteiger partial charge in [0.25, 0.3) is 0 Å². The van der Waals surface area contributed by atoms with Crippen LogP contribution in [0.5, 0.6) is 0 Å². The Morgan fingerprint density at radius 1 is 1.14 bits per heavy atom. The van der Waals surface area contributed by atoms with Crippen molar-refractivity contribution < 1.29 is 0 Å². The number of hydrogen-bond acceptors (Lipinski definition) is 4. The molecule has 102 valence electrons. The third kappa shape index (κ3) is 2.49. The maximum atomic E-state index is 9.32. The number of aromatic nitrogens is 1. The van der Waals surface area contributed by atoms with E-state index in [2.05, 4.69) is 11.1 Å². The number of nitrogens with zero attached hydrogens (tertiary/aromatic N) is 2. The number of benzene rings is 1. The number of rotatable bonds is 2. The predicted molar refractivity (Wildman–Crippen MR) is 87.1 cm³/mol. The van der Waals surface area contributed by atoms with Crippen molar-refractivity contribution in [3.8, 4) is 27.8 Å². The highest BCUT2D eigenvalue weighted by atomic mass is 35.5. The summed E-state index contributed by atoms with van der Waals surface area (Å²) in [7, 11) is 0. The highest BCUT2D eigenvalue weighted by molar-refractivity contribution is 7.13. The van der Waals surface area contributed by atoms with E-state index in [1.54, 1.807) is 17.4 Å². The Labute approximate surface area is 131 Å². The van der Waals surface area contributed by atoms with Gasteiger partial charge in [0.15, 0.2) is 0 Å². The fourth-order valence-corrected chi connectivity index (χ4v) is 3.10. The summed E-state index contributed by atoms with van der Waals surface area (Å²) in [6, 6.07) is 15.3. The van der Waals surface area contributed by atoms with Gasteiger partial charge in [-0.05, 0) is 23.6 Å². The molecule has 5 heteroatoms. The van der Waals surface area contributed by atoms with Crippen LogP contribution >= 0.6 is 22.9 Å². The molecule has 3 aromatic rings. The molecule has 2 heterocycles. The highest BCUT2D eigenvalue weighted by Crippen LogP contribution is 2.35. The van der Waals surface area contributed by atoms with Crippen molar-refractivity contribution in [1.29, 1.82) is 5.26 Å². The SMILES string of the molecule is N#Cc1c(-c2cccs2)cc(-c2ccccc2Cl)nc1N. The highest BCUT2D eigenvalue weighted by Gasteiger charge is 2.15. The summed E-state index contributed by atoms with van der Waals surface area (Å²) in [5, 5.41) is 11.9. The van der Waals surface area contributed by atoms with Gasteiger partial charge in [-0.3, -0.25) is 0 Å². The zero-order valence-electron chi connectivity index (χ0n) is 10.9. The van der Waals surface area contributed by atoms with Gasteiger partial charge in [0.05, 0.1) is 5.69 Å². The Morgan fingerprint density at radius 3 is 2.62 bits per heavy atom. The first-order chi connectivity index (χ1) is 10.2. The first-order valence-corrected chi connectivity index (χ1v) is 7.46. The van der Waals surface area contributed by atoms with Gasteiger partial charge in [-0.2, -0.15) is 5.26 Å². The van der Waals surface area contributed by atoms with Crippen LogP contribution in [0.25, 0.3) is 21.7 Å². The summed E-state index contributed by atoms with van der Waals surface area (Å²) in [6.45, 7) is 0. The van der Waals surface area contributed by atoms with E-state index < -0.39 is 0 Å². The lowest BCUT2D eigenvalue weighted by molar-refractivity contribution is 1.31. The number of pyridine rings is 1. The molecule has 0 unspecified atom stereocenters. The van der Waals surface area contributed by atoms with Gasteiger partial charge in [0, 0.05) is 21.0 Å². The van der Waals surface area contributed by atoms with E-state index in [1.807, 2.05) is 41.8 Å². The molecule has 21 heavy (non-hydrogen) atoms. The van der Waals surface area contributed by atoms with Crippen molar-refractivity contribution in [3.05, 3.63) is 58.4 Å². The second-order valence-electron chi connectivity index (χ2n) is 4.38. The second kappa shape index (κ2) is 5.57. The third-order valence-electron chi connectivity index (χ3n) is 3.10. The molecular formula is C16H10ClN3S. The van der Waals surface area contributed by atoms with Gasteiger partial charge >= 0.3 is 0 Å². The number of nitriles is 1. The molecule has 0 radical (unpaired) electrons. The lowest BCUT2D eigenvalue weighted by Crippen LogP contribution is -1.99. The van der Waals surface area contributed by atoms with E-state index in [0.29, 0.717) is 16.3 Å². The molecule has 0 spiro atoms. The molecule has 0 aliphatic rings. The largest absolute Gasteiger partial charge is 0.383 e. The number of anilines is 1. The minimum atomic E-state index is 0.221. The van der Waals surface area contributed by atoms with Gasteiger partial charge in [0.2, 0.25) is 0 Å². The Balaban J connectivity index is 2.26. The Hall–Kier alpha value is -2.35.